The predicted molar refractivity (Wildman–Crippen MR) is 124 cm³/mol. The van der Waals surface area contributed by atoms with Crippen LogP contribution in [0.25, 0.3) is 0 Å². The van der Waals surface area contributed by atoms with Crippen molar-refractivity contribution in [2.75, 3.05) is 6.54 Å². The Morgan fingerprint density at radius 3 is 2.18 bits per heavy atom. The number of carbonyl (C=O) groups is 4. The molecule has 0 aromatic heterocycles. The van der Waals surface area contributed by atoms with Crippen LogP contribution in [-0.4, -0.2) is 64.4 Å². The fraction of sp³-hybridized carbons (Fsp3) is 0.583. The lowest BCUT2D eigenvalue weighted by Gasteiger charge is -2.30. The van der Waals surface area contributed by atoms with Crippen LogP contribution in [0.1, 0.15) is 46.1 Å². The van der Waals surface area contributed by atoms with E-state index in [4.69, 9.17) is 5.73 Å². The number of rotatable bonds is 10. The van der Waals surface area contributed by atoms with Crippen molar-refractivity contribution in [3.8, 4) is 0 Å². The predicted octanol–water partition coefficient (Wildman–Crippen LogP) is 0.914. The van der Waals surface area contributed by atoms with E-state index >= 15 is 0 Å². The Balaban J connectivity index is 2.06. The summed E-state index contributed by atoms with van der Waals surface area (Å²) in [7, 11) is 0. The van der Waals surface area contributed by atoms with Crippen LogP contribution in [0.4, 0.5) is 0 Å². The topological polar surface area (TPSA) is 142 Å². The number of hydrogen-bond acceptors (Lipinski definition) is 5. The van der Waals surface area contributed by atoms with E-state index in [1.54, 1.807) is 27.7 Å². The number of likely N-dealkylation sites (tertiary alicyclic amines) is 1. The van der Waals surface area contributed by atoms with Gasteiger partial charge < -0.3 is 26.4 Å². The number of nitrogens with two attached hydrogens (primary N) is 1. The van der Waals surface area contributed by atoms with Gasteiger partial charge in [-0.05, 0) is 36.7 Å². The summed E-state index contributed by atoms with van der Waals surface area (Å²) in [6, 6.07) is 5.97. The summed E-state index contributed by atoms with van der Waals surface area (Å²) in [6.07, 6.45) is 1.51. The van der Waals surface area contributed by atoms with E-state index in [1.807, 2.05) is 30.3 Å². The standard InChI is InChI=1S/C24H36N4O5/c1-14(2)19(22(30)27-20(15(3)4)24(32)33)26-21(29)18-11-8-12-28(18)23(31)17(25)13-16-9-6-5-7-10-16/h5-7,9-10,14-15,17-20H,8,11-13,25H2,1-4H3,(H,26,29)(H,27,30)(H,32,33). The highest BCUT2D eigenvalue weighted by atomic mass is 16.4. The normalized spacial score (nSPS) is 18.6. The highest BCUT2D eigenvalue weighted by Gasteiger charge is 2.38. The molecule has 4 atom stereocenters. The first-order chi connectivity index (χ1) is 15.5. The molecule has 0 saturated carbocycles. The Morgan fingerprint density at radius 2 is 1.64 bits per heavy atom. The molecule has 0 aliphatic carbocycles. The Bertz CT molecular complexity index is 843. The summed E-state index contributed by atoms with van der Waals surface area (Å²) in [5.74, 6) is -3.01. The molecule has 1 aromatic carbocycles. The second-order valence-electron chi connectivity index (χ2n) is 9.28. The smallest absolute Gasteiger partial charge is 0.326 e. The average Bonchev–Trinajstić information content (AvgIpc) is 3.24. The molecule has 33 heavy (non-hydrogen) atoms. The molecule has 0 radical (unpaired) electrons. The van der Waals surface area contributed by atoms with Gasteiger partial charge in [-0.1, -0.05) is 58.0 Å². The van der Waals surface area contributed by atoms with Gasteiger partial charge in [-0.15, -0.1) is 0 Å². The third kappa shape index (κ3) is 7.02. The minimum atomic E-state index is -1.13. The lowest BCUT2D eigenvalue weighted by atomic mass is 9.99. The molecular formula is C24H36N4O5. The maximum absolute atomic E-state index is 13.1. The monoisotopic (exact) mass is 460 g/mol. The summed E-state index contributed by atoms with van der Waals surface area (Å²) in [5, 5.41) is 14.6. The molecule has 182 valence electrons. The van der Waals surface area contributed by atoms with Crippen molar-refractivity contribution in [3.63, 3.8) is 0 Å². The molecule has 0 bridgehead atoms. The number of carboxylic acids is 1. The van der Waals surface area contributed by atoms with Crippen LogP contribution in [0.5, 0.6) is 0 Å². The van der Waals surface area contributed by atoms with Gasteiger partial charge in [-0.25, -0.2) is 4.79 Å². The Hall–Kier alpha value is -2.94. The summed E-state index contributed by atoms with van der Waals surface area (Å²) in [5.41, 5.74) is 7.10. The molecule has 3 amide bonds. The molecule has 0 spiro atoms. The summed E-state index contributed by atoms with van der Waals surface area (Å²) in [6.45, 7) is 7.35. The third-order valence-electron chi connectivity index (χ3n) is 5.93. The van der Waals surface area contributed by atoms with E-state index in [1.165, 1.54) is 4.90 Å². The maximum atomic E-state index is 13.1. The number of benzene rings is 1. The molecule has 4 unspecified atom stereocenters. The summed E-state index contributed by atoms with van der Waals surface area (Å²) in [4.78, 5) is 51.8. The zero-order valence-corrected chi connectivity index (χ0v) is 19.8. The molecule has 5 N–H and O–H groups in total. The van der Waals surface area contributed by atoms with Crippen molar-refractivity contribution in [2.24, 2.45) is 17.6 Å². The molecule has 1 aliphatic rings. The molecule has 1 heterocycles. The number of carbonyl (C=O) groups excluding carboxylic acids is 3. The Morgan fingerprint density at radius 1 is 1.03 bits per heavy atom. The van der Waals surface area contributed by atoms with E-state index < -0.39 is 42.0 Å². The van der Waals surface area contributed by atoms with Gasteiger partial charge in [0.2, 0.25) is 17.7 Å². The van der Waals surface area contributed by atoms with Gasteiger partial charge in [0.05, 0.1) is 6.04 Å². The van der Waals surface area contributed by atoms with Crippen molar-refractivity contribution in [3.05, 3.63) is 35.9 Å². The number of nitrogens with zero attached hydrogens (tertiary/aromatic N) is 1. The quantitative estimate of drug-likeness (QED) is 0.409. The SMILES string of the molecule is CC(C)C(NC(=O)C(NC(=O)C1CCCN1C(=O)C(N)Cc1ccccc1)C(C)C)C(=O)O. The van der Waals surface area contributed by atoms with Crippen LogP contribution in [0.15, 0.2) is 30.3 Å². The first kappa shape index (κ1) is 26.3. The fourth-order valence-electron chi connectivity index (χ4n) is 4.01. The molecular weight excluding hydrogens is 424 g/mol. The zero-order valence-electron chi connectivity index (χ0n) is 19.8. The average molecular weight is 461 g/mol. The number of carboxylic acid groups (broad SMARTS) is 1. The minimum Gasteiger partial charge on any atom is -0.480 e. The molecule has 1 saturated heterocycles. The number of aliphatic carboxylic acids is 1. The van der Waals surface area contributed by atoms with Crippen molar-refractivity contribution in [2.45, 2.75) is 71.1 Å². The van der Waals surface area contributed by atoms with Gasteiger partial charge in [0.1, 0.15) is 18.1 Å². The number of nitrogens with one attached hydrogen (secondary N) is 2. The molecule has 9 nitrogen and oxygen atoms in total. The first-order valence-corrected chi connectivity index (χ1v) is 11.5. The van der Waals surface area contributed by atoms with Gasteiger partial charge in [0.15, 0.2) is 0 Å². The van der Waals surface area contributed by atoms with Gasteiger partial charge in [-0.2, -0.15) is 0 Å². The van der Waals surface area contributed by atoms with Crippen molar-refractivity contribution < 1.29 is 24.3 Å². The Kier molecular flexibility index (Phi) is 9.40. The third-order valence-corrected chi connectivity index (χ3v) is 5.93. The minimum absolute atomic E-state index is 0.276. The van der Waals surface area contributed by atoms with Gasteiger partial charge >= 0.3 is 5.97 Å². The van der Waals surface area contributed by atoms with Crippen LogP contribution in [0, 0.1) is 11.8 Å². The van der Waals surface area contributed by atoms with Crippen molar-refractivity contribution in [1.82, 2.24) is 15.5 Å². The van der Waals surface area contributed by atoms with Crippen LogP contribution in [-0.2, 0) is 25.6 Å². The number of hydrogen-bond donors (Lipinski definition) is 4. The second-order valence-corrected chi connectivity index (χ2v) is 9.28. The molecule has 9 heteroatoms. The molecule has 1 fully saturated rings. The van der Waals surface area contributed by atoms with Crippen LogP contribution in [0.2, 0.25) is 0 Å². The molecule has 1 aliphatic heterocycles. The first-order valence-electron chi connectivity index (χ1n) is 11.5. The van der Waals surface area contributed by atoms with Crippen molar-refractivity contribution >= 4 is 23.7 Å². The lowest BCUT2D eigenvalue weighted by molar-refractivity contribution is -0.144. The lowest BCUT2D eigenvalue weighted by Crippen LogP contribution is -2.58. The summed E-state index contributed by atoms with van der Waals surface area (Å²) < 4.78 is 0. The van der Waals surface area contributed by atoms with Crippen LogP contribution in [0.3, 0.4) is 0 Å². The van der Waals surface area contributed by atoms with Gasteiger partial charge in [-0.3, -0.25) is 14.4 Å². The number of amides is 3. The van der Waals surface area contributed by atoms with E-state index in [9.17, 15) is 24.3 Å². The van der Waals surface area contributed by atoms with Gasteiger partial charge in [0, 0.05) is 6.54 Å². The van der Waals surface area contributed by atoms with Crippen LogP contribution < -0.4 is 16.4 Å². The second kappa shape index (κ2) is 11.8. The van der Waals surface area contributed by atoms with E-state index in [-0.39, 0.29) is 17.7 Å². The highest BCUT2D eigenvalue weighted by molar-refractivity contribution is 5.94. The Labute approximate surface area is 195 Å². The highest BCUT2D eigenvalue weighted by Crippen LogP contribution is 2.20. The van der Waals surface area contributed by atoms with Crippen LogP contribution >= 0.6 is 0 Å². The largest absolute Gasteiger partial charge is 0.480 e. The zero-order chi connectivity index (χ0) is 24.7. The van der Waals surface area contributed by atoms with Crippen molar-refractivity contribution in [1.29, 1.82) is 0 Å². The van der Waals surface area contributed by atoms with E-state index in [0.29, 0.717) is 25.8 Å². The molecule has 2 rings (SSSR count). The van der Waals surface area contributed by atoms with E-state index in [2.05, 4.69) is 10.6 Å². The van der Waals surface area contributed by atoms with Gasteiger partial charge in [0.25, 0.3) is 0 Å². The fourth-order valence-corrected chi connectivity index (χ4v) is 4.01. The van der Waals surface area contributed by atoms with E-state index in [0.717, 1.165) is 5.56 Å². The molecule has 1 aromatic rings. The summed E-state index contributed by atoms with van der Waals surface area (Å²) >= 11 is 0. The maximum Gasteiger partial charge on any atom is 0.326 e.